The van der Waals surface area contributed by atoms with Gasteiger partial charge in [-0.25, -0.2) is 4.39 Å². The van der Waals surface area contributed by atoms with Crippen LogP contribution in [0.1, 0.15) is 18.6 Å². The minimum Gasteiger partial charge on any atom is -0.460 e. The van der Waals surface area contributed by atoms with Gasteiger partial charge in [-0.05, 0) is 67.8 Å². The Hall–Kier alpha value is -1.26. The van der Waals surface area contributed by atoms with Crippen molar-refractivity contribution in [3.8, 4) is 11.3 Å². The molecule has 0 aliphatic carbocycles. The van der Waals surface area contributed by atoms with Crippen LogP contribution in [0.15, 0.2) is 40.8 Å². The second-order valence-electron chi connectivity index (χ2n) is 4.65. The Labute approximate surface area is 123 Å². The lowest BCUT2D eigenvalue weighted by molar-refractivity contribution is 0.490. The average Bonchev–Trinajstić information content (AvgIpc) is 2.92. The van der Waals surface area contributed by atoms with Crippen molar-refractivity contribution >= 4 is 11.8 Å². The second kappa shape index (κ2) is 8.12. The molecule has 0 unspecified atom stereocenters. The third kappa shape index (κ3) is 4.69. The SMILES string of the molecule is CSCCCCNCc1ccc(-c2ccc(F)cc2)o1. The van der Waals surface area contributed by atoms with E-state index in [1.54, 1.807) is 12.1 Å². The van der Waals surface area contributed by atoms with Crippen LogP contribution in [0.4, 0.5) is 4.39 Å². The molecule has 1 heterocycles. The summed E-state index contributed by atoms with van der Waals surface area (Å²) in [5.41, 5.74) is 0.901. The molecule has 0 aliphatic rings. The molecule has 0 spiro atoms. The van der Waals surface area contributed by atoms with Gasteiger partial charge in [0.15, 0.2) is 0 Å². The molecule has 0 saturated carbocycles. The molecule has 0 fully saturated rings. The Morgan fingerprint density at radius 2 is 1.90 bits per heavy atom. The summed E-state index contributed by atoms with van der Waals surface area (Å²) in [5.74, 6) is 2.68. The number of furan rings is 1. The molecule has 20 heavy (non-hydrogen) atoms. The molecule has 1 aromatic heterocycles. The van der Waals surface area contributed by atoms with Gasteiger partial charge in [0.25, 0.3) is 0 Å². The molecule has 0 aliphatic heterocycles. The molecule has 108 valence electrons. The van der Waals surface area contributed by atoms with Gasteiger partial charge in [-0.1, -0.05) is 0 Å². The van der Waals surface area contributed by atoms with Crippen LogP contribution in [-0.2, 0) is 6.54 Å². The van der Waals surface area contributed by atoms with Gasteiger partial charge in [-0.15, -0.1) is 0 Å². The van der Waals surface area contributed by atoms with Crippen LogP contribution in [-0.4, -0.2) is 18.6 Å². The summed E-state index contributed by atoms with van der Waals surface area (Å²) < 4.78 is 18.6. The second-order valence-corrected chi connectivity index (χ2v) is 5.64. The van der Waals surface area contributed by atoms with Crippen LogP contribution in [0.5, 0.6) is 0 Å². The molecule has 0 atom stereocenters. The zero-order chi connectivity index (χ0) is 14.2. The highest BCUT2D eigenvalue weighted by Crippen LogP contribution is 2.22. The molecule has 1 N–H and O–H groups in total. The largest absolute Gasteiger partial charge is 0.460 e. The fraction of sp³-hybridized carbons (Fsp3) is 0.375. The molecule has 2 rings (SSSR count). The smallest absolute Gasteiger partial charge is 0.134 e. The van der Waals surface area contributed by atoms with E-state index in [1.807, 2.05) is 23.9 Å². The first-order valence-corrected chi connectivity index (χ1v) is 8.23. The Morgan fingerprint density at radius 3 is 2.65 bits per heavy atom. The number of benzene rings is 1. The zero-order valence-corrected chi connectivity index (χ0v) is 12.5. The quantitative estimate of drug-likeness (QED) is 0.734. The summed E-state index contributed by atoms with van der Waals surface area (Å²) in [5, 5.41) is 3.37. The van der Waals surface area contributed by atoms with E-state index in [-0.39, 0.29) is 5.82 Å². The Morgan fingerprint density at radius 1 is 1.10 bits per heavy atom. The normalized spacial score (nSPS) is 10.9. The van der Waals surface area contributed by atoms with Gasteiger partial charge in [0.2, 0.25) is 0 Å². The van der Waals surface area contributed by atoms with E-state index in [0.29, 0.717) is 0 Å². The van der Waals surface area contributed by atoms with Gasteiger partial charge < -0.3 is 9.73 Å². The molecule has 0 radical (unpaired) electrons. The van der Waals surface area contributed by atoms with Crippen molar-refractivity contribution in [3.05, 3.63) is 48.0 Å². The predicted molar refractivity (Wildman–Crippen MR) is 83.4 cm³/mol. The average molecular weight is 293 g/mol. The van der Waals surface area contributed by atoms with Crippen LogP contribution in [0.3, 0.4) is 0 Å². The van der Waals surface area contributed by atoms with Crippen molar-refractivity contribution < 1.29 is 8.81 Å². The molecule has 2 aromatic rings. The number of nitrogens with one attached hydrogen (secondary N) is 1. The Balaban J connectivity index is 1.79. The summed E-state index contributed by atoms with van der Waals surface area (Å²) in [4.78, 5) is 0. The molecule has 1 aromatic carbocycles. The first-order valence-electron chi connectivity index (χ1n) is 6.84. The molecular weight excluding hydrogens is 273 g/mol. The fourth-order valence-corrected chi connectivity index (χ4v) is 2.44. The molecule has 0 bridgehead atoms. The van der Waals surface area contributed by atoms with Crippen LogP contribution in [0, 0.1) is 5.82 Å². The third-order valence-electron chi connectivity index (χ3n) is 3.04. The minimum absolute atomic E-state index is 0.229. The van der Waals surface area contributed by atoms with Crippen LogP contribution >= 0.6 is 11.8 Å². The topological polar surface area (TPSA) is 25.2 Å². The molecule has 0 saturated heterocycles. The number of thioether (sulfide) groups is 1. The third-order valence-corrected chi connectivity index (χ3v) is 3.74. The monoisotopic (exact) mass is 293 g/mol. The highest BCUT2D eigenvalue weighted by Gasteiger charge is 2.04. The molecule has 2 nitrogen and oxygen atoms in total. The van der Waals surface area contributed by atoms with E-state index in [4.69, 9.17) is 4.42 Å². The van der Waals surface area contributed by atoms with Crippen LogP contribution in [0.2, 0.25) is 0 Å². The highest BCUT2D eigenvalue weighted by molar-refractivity contribution is 7.98. The zero-order valence-electron chi connectivity index (χ0n) is 11.7. The fourth-order valence-electron chi connectivity index (χ4n) is 1.95. The van der Waals surface area contributed by atoms with Crippen LogP contribution < -0.4 is 5.32 Å². The van der Waals surface area contributed by atoms with E-state index in [2.05, 4.69) is 11.6 Å². The van der Waals surface area contributed by atoms with Crippen LogP contribution in [0.25, 0.3) is 11.3 Å². The van der Waals surface area contributed by atoms with E-state index in [9.17, 15) is 4.39 Å². The van der Waals surface area contributed by atoms with Crippen molar-refractivity contribution in [3.63, 3.8) is 0 Å². The van der Waals surface area contributed by atoms with E-state index >= 15 is 0 Å². The minimum atomic E-state index is -0.229. The Kier molecular flexibility index (Phi) is 6.15. The van der Waals surface area contributed by atoms with Gasteiger partial charge in [0.1, 0.15) is 17.3 Å². The van der Waals surface area contributed by atoms with Crippen molar-refractivity contribution in [2.75, 3.05) is 18.6 Å². The predicted octanol–water partition coefficient (Wildman–Crippen LogP) is 4.32. The van der Waals surface area contributed by atoms with E-state index < -0.39 is 0 Å². The summed E-state index contributed by atoms with van der Waals surface area (Å²) in [6.45, 7) is 1.74. The lowest BCUT2D eigenvalue weighted by Crippen LogP contribution is -2.14. The first-order chi connectivity index (χ1) is 9.79. The summed E-state index contributed by atoms with van der Waals surface area (Å²) in [6, 6.07) is 10.2. The standard InChI is InChI=1S/C16H20FNOS/c1-20-11-3-2-10-18-12-15-8-9-16(19-15)13-4-6-14(17)7-5-13/h4-9,18H,2-3,10-12H2,1H3. The van der Waals surface area contributed by atoms with Crippen molar-refractivity contribution in [1.82, 2.24) is 5.32 Å². The van der Waals surface area contributed by atoms with Crippen molar-refractivity contribution in [2.24, 2.45) is 0 Å². The lowest BCUT2D eigenvalue weighted by atomic mass is 10.2. The number of unbranched alkanes of at least 4 members (excludes halogenated alkanes) is 1. The number of hydrogen-bond donors (Lipinski definition) is 1. The van der Waals surface area contributed by atoms with Gasteiger partial charge in [-0.2, -0.15) is 11.8 Å². The molecular formula is C16H20FNOS. The summed E-state index contributed by atoms with van der Waals surface area (Å²) >= 11 is 1.88. The Bertz CT molecular complexity index is 509. The van der Waals surface area contributed by atoms with Crippen molar-refractivity contribution in [1.29, 1.82) is 0 Å². The maximum Gasteiger partial charge on any atom is 0.134 e. The van der Waals surface area contributed by atoms with Gasteiger partial charge in [0, 0.05) is 5.56 Å². The number of rotatable bonds is 8. The van der Waals surface area contributed by atoms with Gasteiger partial charge in [-0.3, -0.25) is 0 Å². The maximum absolute atomic E-state index is 12.9. The molecule has 4 heteroatoms. The van der Waals surface area contributed by atoms with Gasteiger partial charge in [0.05, 0.1) is 6.54 Å². The lowest BCUT2D eigenvalue weighted by Gasteiger charge is -2.02. The first kappa shape index (κ1) is 15.1. The van der Waals surface area contributed by atoms with E-state index in [0.717, 1.165) is 30.2 Å². The number of hydrogen-bond acceptors (Lipinski definition) is 3. The van der Waals surface area contributed by atoms with Gasteiger partial charge >= 0.3 is 0 Å². The van der Waals surface area contributed by atoms with Crippen molar-refractivity contribution in [2.45, 2.75) is 19.4 Å². The number of halogens is 1. The summed E-state index contributed by atoms with van der Waals surface area (Å²) in [6.07, 6.45) is 4.56. The van der Waals surface area contributed by atoms with E-state index in [1.165, 1.54) is 30.7 Å². The maximum atomic E-state index is 12.9. The summed E-state index contributed by atoms with van der Waals surface area (Å²) in [7, 11) is 0. The molecule has 0 amide bonds. The highest BCUT2D eigenvalue weighted by atomic mass is 32.2.